The molecule has 0 fully saturated rings. The van der Waals surface area contributed by atoms with Crippen molar-refractivity contribution in [2.24, 2.45) is 0 Å². The van der Waals surface area contributed by atoms with Crippen molar-refractivity contribution in [3.63, 3.8) is 0 Å². The highest BCUT2D eigenvalue weighted by Gasteiger charge is 2.05. The molecule has 0 aliphatic rings. The van der Waals surface area contributed by atoms with Crippen LogP contribution < -0.4 is 0 Å². The molecule has 1 nitrogen and oxygen atoms in total. The number of benzene rings is 1. The summed E-state index contributed by atoms with van der Waals surface area (Å²) in [5.41, 5.74) is 1.32. The van der Waals surface area contributed by atoms with Gasteiger partial charge < -0.3 is 4.57 Å². The fourth-order valence-electron chi connectivity index (χ4n) is 1.72. The first-order valence-corrected chi connectivity index (χ1v) is 5.77. The first-order chi connectivity index (χ1) is 6.72. The number of rotatable bonds is 2. The van der Waals surface area contributed by atoms with Gasteiger partial charge in [0.1, 0.15) is 0 Å². The van der Waals surface area contributed by atoms with Crippen LogP contribution in [0.3, 0.4) is 0 Å². The molecule has 2 heteroatoms. The Hall–Kier alpha value is -0.760. The largest absolute Gasteiger partial charge is 0.345 e. The van der Waals surface area contributed by atoms with Crippen molar-refractivity contribution < 1.29 is 0 Å². The molecule has 0 spiro atoms. The van der Waals surface area contributed by atoms with Crippen molar-refractivity contribution in [2.75, 3.05) is 0 Å². The molecule has 0 radical (unpaired) electrons. The van der Waals surface area contributed by atoms with Crippen LogP contribution in [0.15, 0.2) is 34.9 Å². The minimum absolute atomic E-state index is 0.577. The third-order valence-corrected chi connectivity index (χ3v) is 3.24. The summed E-state index contributed by atoms with van der Waals surface area (Å²) in [5, 5.41) is 1.31. The van der Waals surface area contributed by atoms with Crippen LogP contribution in [0.5, 0.6) is 0 Å². The van der Waals surface area contributed by atoms with Gasteiger partial charge in [-0.3, -0.25) is 0 Å². The maximum atomic E-state index is 3.49. The molecule has 0 saturated carbocycles. The van der Waals surface area contributed by atoms with Gasteiger partial charge in [0.15, 0.2) is 0 Å². The zero-order chi connectivity index (χ0) is 10.1. The Morgan fingerprint density at radius 2 is 2.14 bits per heavy atom. The Morgan fingerprint density at radius 1 is 1.36 bits per heavy atom. The van der Waals surface area contributed by atoms with E-state index >= 15 is 0 Å². The fourth-order valence-corrected chi connectivity index (χ4v) is 2.09. The lowest BCUT2D eigenvalue weighted by Crippen LogP contribution is -2.01. The summed E-state index contributed by atoms with van der Waals surface area (Å²) < 4.78 is 3.48. The quantitative estimate of drug-likeness (QED) is 0.747. The number of hydrogen-bond acceptors (Lipinski definition) is 0. The van der Waals surface area contributed by atoms with E-state index in [9.17, 15) is 0 Å². The maximum absolute atomic E-state index is 3.49. The highest BCUT2D eigenvalue weighted by atomic mass is 79.9. The molecule has 0 N–H and O–H groups in total. The molecule has 2 rings (SSSR count). The zero-order valence-electron chi connectivity index (χ0n) is 8.50. The Balaban J connectivity index is 2.58. The van der Waals surface area contributed by atoms with Gasteiger partial charge in [-0.2, -0.15) is 0 Å². The van der Waals surface area contributed by atoms with Crippen LogP contribution in [0.1, 0.15) is 26.3 Å². The summed E-state index contributed by atoms with van der Waals surface area (Å²) >= 11 is 3.49. The van der Waals surface area contributed by atoms with E-state index in [1.165, 1.54) is 17.3 Å². The molecule has 0 bridgehead atoms. The van der Waals surface area contributed by atoms with Gasteiger partial charge in [0.2, 0.25) is 0 Å². The van der Waals surface area contributed by atoms with Gasteiger partial charge in [0.05, 0.1) is 0 Å². The second kappa shape index (κ2) is 3.77. The van der Waals surface area contributed by atoms with Crippen LogP contribution >= 0.6 is 15.9 Å². The molecule has 74 valence electrons. The normalized spacial score (nSPS) is 13.4. The van der Waals surface area contributed by atoms with Gasteiger partial charge in [0.25, 0.3) is 0 Å². The van der Waals surface area contributed by atoms with Crippen LogP contribution in [0.4, 0.5) is 0 Å². The summed E-state index contributed by atoms with van der Waals surface area (Å²) in [6.45, 7) is 4.47. The third kappa shape index (κ3) is 1.59. The third-order valence-electron chi connectivity index (χ3n) is 2.75. The Bertz CT molecular complexity index is 445. The second-order valence-corrected chi connectivity index (χ2v) is 4.60. The van der Waals surface area contributed by atoms with Crippen LogP contribution in [-0.4, -0.2) is 4.57 Å². The fraction of sp³-hybridized carbons (Fsp3) is 0.333. The van der Waals surface area contributed by atoms with Crippen molar-refractivity contribution >= 4 is 26.8 Å². The standard InChI is InChI=1S/C12H14BrN/c1-3-9(2)14-7-6-10-8-11(13)4-5-12(10)14/h4-9H,3H2,1-2H3. The molecule has 0 saturated heterocycles. The van der Waals surface area contributed by atoms with Gasteiger partial charge >= 0.3 is 0 Å². The Kier molecular flexibility index (Phi) is 2.64. The molecule has 1 atom stereocenters. The minimum Gasteiger partial charge on any atom is -0.345 e. The van der Waals surface area contributed by atoms with Crippen molar-refractivity contribution in [3.8, 4) is 0 Å². The average molecular weight is 252 g/mol. The SMILES string of the molecule is CCC(C)n1ccc2cc(Br)ccc21. The first kappa shape index (κ1) is 9.78. The second-order valence-electron chi connectivity index (χ2n) is 3.68. The molecule has 1 aromatic carbocycles. The predicted molar refractivity (Wildman–Crippen MR) is 64.6 cm³/mol. The van der Waals surface area contributed by atoms with Crippen molar-refractivity contribution in [2.45, 2.75) is 26.3 Å². The monoisotopic (exact) mass is 251 g/mol. The lowest BCUT2D eigenvalue weighted by Gasteiger charge is -2.12. The summed E-state index contributed by atoms with van der Waals surface area (Å²) in [6.07, 6.45) is 3.34. The van der Waals surface area contributed by atoms with Gasteiger partial charge in [-0.25, -0.2) is 0 Å². The molecule has 1 unspecified atom stereocenters. The first-order valence-electron chi connectivity index (χ1n) is 4.98. The van der Waals surface area contributed by atoms with Crippen molar-refractivity contribution in [3.05, 3.63) is 34.9 Å². The topological polar surface area (TPSA) is 4.93 Å². The van der Waals surface area contributed by atoms with Crippen molar-refractivity contribution in [1.82, 2.24) is 4.57 Å². The van der Waals surface area contributed by atoms with E-state index in [1.807, 2.05) is 0 Å². The molecule has 0 aliphatic carbocycles. The molecule has 0 amide bonds. The smallest absolute Gasteiger partial charge is 0.0483 e. The molecule has 1 aromatic heterocycles. The predicted octanol–water partition coefficient (Wildman–Crippen LogP) is 4.37. The van der Waals surface area contributed by atoms with Crippen LogP contribution in [0.2, 0.25) is 0 Å². The van der Waals surface area contributed by atoms with E-state index in [2.05, 4.69) is 64.8 Å². The molecular weight excluding hydrogens is 238 g/mol. The van der Waals surface area contributed by atoms with E-state index in [0.717, 1.165) is 4.47 Å². The maximum Gasteiger partial charge on any atom is 0.0483 e. The van der Waals surface area contributed by atoms with Gasteiger partial charge in [-0.05, 0) is 37.6 Å². The van der Waals surface area contributed by atoms with Crippen molar-refractivity contribution in [1.29, 1.82) is 0 Å². The van der Waals surface area contributed by atoms with E-state index in [1.54, 1.807) is 0 Å². The molecule has 14 heavy (non-hydrogen) atoms. The summed E-state index contributed by atoms with van der Waals surface area (Å²) in [5.74, 6) is 0. The molecule has 2 aromatic rings. The lowest BCUT2D eigenvalue weighted by molar-refractivity contribution is 0.548. The Morgan fingerprint density at radius 3 is 2.86 bits per heavy atom. The summed E-state index contributed by atoms with van der Waals surface area (Å²) in [4.78, 5) is 0. The number of aromatic nitrogens is 1. The molecular formula is C12H14BrN. The summed E-state index contributed by atoms with van der Waals surface area (Å²) in [6, 6.07) is 9.18. The minimum atomic E-state index is 0.577. The van der Waals surface area contributed by atoms with E-state index in [4.69, 9.17) is 0 Å². The number of hydrogen-bond donors (Lipinski definition) is 0. The van der Waals surface area contributed by atoms with Crippen LogP contribution in [-0.2, 0) is 0 Å². The van der Waals surface area contributed by atoms with Crippen LogP contribution in [0, 0.1) is 0 Å². The number of halogens is 1. The number of nitrogens with zero attached hydrogens (tertiary/aromatic N) is 1. The lowest BCUT2D eigenvalue weighted by atomic mass is 10.2. The van der Waals surface area contributed by atoms with E-state index in [-0.39, 0.29) is 0 Å². The van der Waals surface area contributed by atoms with Gasteiger partial charge in [-0.1, -0.05) is 22.9 Å². The average Bonchev–Trinajstić information content (AvgIpc) is 2.59. The Labute approximate surface area is 92.9 Å². The van der Waals surface area contributed by atoms with Crippen LogP contribution in [0.25, 0.3) is 10.9 Å². The number of fused-ring (bicyclic) bond motifs is 1. The van der Waals surface area contributed by atoms with Gasteiger partial charge in [-0.15, -0.1) is 0 Å². The summed E-state index contributed by atoms with van der Waals surface area (Å²) in [7, 11) is 0. The highest BCUT2D eigenvalue weighted by Crippen LogP contribution is 2.24. The van der Waals surface area contributed by atoms with E-state index in [0.29, 0.717) is 6.04 Å². The molecule has 0 aliphatic heterocycles. The highest BCUT2D eigenvalue weighted by molar-refractivity contribution is 9.10. The van der Waals surface area contributed by atoms with Gasteiger partial charge in [0, 0.05) is 27.6 Å². The molecule has 1 heterocycles. The van der Waals surface area contributed by atoms with E-state index < -0.39 is 0 Å². The zero-order valence-corrected chi connectivity index (χ0v) is 10.1.